The van der Waals surface area contributed by atoms with E-state index in [4.69, 9.17) is 14.7 Å². The molecule has 33 heavy (non-hydrogen) atoms. The highest BCUT2D eigenvalue weighted by Crippen LogP contribution is 2.32. The van der Waals surface area contributed by atoms with E-state index in [2.05, 4.69) is 43.1 Å². The first-order valence-electron chi connectivity index (χ1n) is 11.1. The van der Waals surface area contributed by atoms with E-state index in [0.29, 0.717) is 12.2 Å². The number of pyridine rings is 1. The van der Waals surface area contributed by atoms with E-state index >= 15 is 0 Å². The van der Waals surface area contributed by atoms with Gasteiger partial charge in [-0.25, -0.2) is 0 Å². The fraction of sp³-hybridized carbons (Fsp3) is 0.172. The van der Waals surface area contributed by atoms with E-state index in [1.54, 1.807) is 6.20 Å². The summed E-state index contributed by atoms with van der Waals surface area (Å²) in [5.41, 5.74) is 5.53. The molecular formula is C29H26N2O2. The summed E-state index contributed by atoms with van der Waals surface area (Å²) in [4.78, 5) is 4.47. The summed E-state index contributed by atoms with van der Waals surface area (Å²) in [6.45, 7) is 4.55. The highest BCUT2D eigenvalue weighted by molar-refractivity contribution is 5.68. The largest absolute Gasteiger partial charge is 0.490 e. The van der Waals surface area contributed by atoms with Crippen molar-refractivity contribution in [3.63, 3.8) is 0 Å². The monoisotopic (exact) mass is 434 g/mol. The average molecular weight is 435 g/mol. The third kappa shape index (κ3) is 5.39. The van der Waals surface area contributed by atoms with E-state index in [-0.39, 0.29) is 6.10 Å². The smallest absolute Gasteiger partial charge is 0.129 e. The van der Waals surface area contributed by atoms with Gasteiger partial charge in [0.1, 0.15) is 18.1 Å². The summed E-state index contributed by atoms with van der Waals surface area (Å²) in [5, 5.41) is 9.06. The highest BCUT2D eigenvalue weighted by atomic mass is 16.5. The molecule has 0 bridgehead atoms. The summed E-state index contributed by atoms with van der Waals surface area (Å²) in [7, 11) is 0. The van der Waals surface area contributed by atoms with Crippen LogP contribution < -0.4 is 9.47 Å². The molecule has 1 heterocycles. The lowest BCUT2D eigenvalue weighted by molar-refractivity contribution is 0.209. The Kier molecular flexibility index (Phi) is 7.02. The normalized spacial score (nSPS) is 11.4. The summed E-state index contributed by atoms with van der Waals surface area (Å²) in [5.74, 6) is 1.59. The molecule has 3 aromatic carbocycles. The van der Waals surface area contributed by atoms with Crippen LogP contribution in [-0.4, -0.2) is 11.1 Å². The van der Waals surface area contributed by atoms with Crippen molar-refractivity contribution < 1.29 is 9.47 Å². The molecule has 0 radical (unpaired) electrons. The lowest BCUT2D eigenvalue weighted by Crippen LogP contribution is -2.12. The van der Waals surface area contributed by atoms with Gasteiger partial charge in [-0.3, -0.25) is 4.98 Å². The molecule has 4 nitrogen and oxygen atoms in total. The first-order valence-corrected chi connectivity index (χ1v) is 11.1. The average Bonchev–Trinajstić information content (AvgIpc) is 2.88. The molecule has 4 heteroatoms. The topological polar surface area (TPSA) is 55.1 Å². The van der Waals surface area contributed by atoms with Gasteiger partial charge in [-0.05, 0) is 66.9 Å². The Morgan fingerprint density at radius 3 is 2.36 bits per heavy atom. The molecular weight excluding hydrogens is 408 g/mol. The molecule has 0 aliphatic carbocycles. The van der Waals surface area contributed by atoms with Crippen LogP contribution in [0.2, 0.25) is 0 Å². The summed E-state index contributed by atoms with van der Waals surface area (Å²) >= 11 is 0. The standard InChI is InChI=1S/C29H26N2O2/c1-3-21(2)33-29-18-24(23-13-11-22(19-30)12-14-23)15-16-25(29)20-32-28-10-5-4-8-26(28)27-9-6-7-17-31-27/h4-18,21H,3,20H2,1-2H3. The maximum atomic E-state index is 9.06. The van der Waals surface area contributed by atoms with Crippen LogP contribution >= 0.6 is 0 Å². The number of nitrogens with zero attached hydrogens (tertiary/aromatic N) is 2. The van der Waals surface area contributed by atoms with E-state index in [0.717, 1.165) is 45.9 Å². The fourth-order valence-corrected chi connectivity index (χ4v) is 3.48. The Morgan fingerprint density at radius 1 is 0.879 bits per heavy atom. The lowest BCUT2D eigenvalue weighted by atomic mass is 10.0. The second-order valence-electron chi connectivity index (χ2n) is 7.85. The Labute approximate surface area is 195 Å². The van der Waals surface area contributed by atoms with Crippen molar-refractivity contribution in [3.8, 4) is 40.0 Å². The zero-order chi connectivity index (χ0) is 23.0. The third-order valence-corrected chi connectivity index (χ3v) is 5.53. The summed E-state index contributed by atoms with van der Waals surface area (Å²) in [6, 6.07) is 29.7. The Bertz CT molecular complexity index is 1240. The Hall–Kier alpha value is -4.10. The van der Waals surface area contributed by atoms with Crippen molar-refractivity contribution >= 4 is 0 Å². The molecule has 4 rings (SSSR count). The first kappa shape index (κ1) is 22.1. The molecule has 0 saturated carbocycles. The maximum absolute atomic E-state index is 9.06. The molecule has 4 aromatic rings. The van der Waals surface area contributed by atoms with Crippen molar-refractivity contribution in [3.05, 3.63) is 102 Å². The van der Waals surface area contributed by atoms with Crippen LogP contribution in [0.4, 0.5) is 0 Å². The van der Waals surface area contributed by atoms with Crippen LogP contribution in [0, 0.1) is 11.3 Å². The molecule has 1 aromatic heterocycles. The van der Waals surface area contributed by atoms with E-state index < -0.39 is 0 Å². The second-order valence-corrected chi connectivity index (χ2v) is 7.85. The number of rotatable bonds is 8. The SMILES string of the molecule is CCC(C)Oc1cc(-c2ccc(C#N)cc2)ccc1COc1ccccc1-c1ccccn1. The molecule has 0 spiro atoms. The molecule has 0 aliphatic heterocycles. The van der Waals surface area contributed by atoms with Gasteiger partial charge < -0.3 is 9.47 Å². The van der Waals surface area contributed by atoms with Crippen LogP contribution in [0.25, 0.3) is 22.4 Å². The molecule has 0 saturated heterocycles. The highest BCUT2D eigenvalue weighted by Gasteiger charge is 2.13. The molecule has 164 valence electrons. The Balaban J connectivity index is 1.62. The van der Waals surface area contributed by atoms with Crippen molar-refractivity contribution in [2.75, 3.05) is 0 Å². The minimum absolute atomic E-state index is 0.0840. The number of hydrogen-bond acceptors (Lipinski definition) is 4. The molecule has 0 amide bonds. The molecule has 1 atom stereocenters. The zero-order valence-corrected chi connectivity index (χ0v) is 18.9. The van der Waals surface area contributed by atoms with Crippen LogP contribution in [-0.2, 0) is 6.61 Å². The van der Waals surface area contributed by atoms with Crippen LogP contribution in [0.5, 0.6) is 11.5 Å². The number of aromatic nitrogens is 1. The van der Waals surface area contributed by atoms with Crippen LogP contribution in [0.3, 0.4) is 0 Å². The number of nitriles is 1. The molecule has 0 N–H and O–H groups in total. The van der Waals surface area contributed by atoms with Crippen LogP contribution in [0.1, 0.15) is 31.4 Å². The molecule has 0 fully saturated rings. The van der Waals surface area contributed by atoms with Gasteiger partial charge in [0.15, 0.2) is 0 Å². The predicted octanol–water partition coefficient (Wildman–Crippen LogP) is 7.04. The van der Waals surface area contributed by atoms with Gasteiger partial charge in [0.2, 0.25) is 0 Å². The fourth-order valence-electron chi connectivity index (χ4n) is 3.48. The first-order chi connectivity index (χ1) is 16.2. The molecule has 0 aliphatic rings. The van der Waals surface area contributed by atoms with E-state index in [1.165, 1.54) is 0 Å². The summed E-state index contributed by atoms with van der Waals surface area (Å²) < 4.78 is 12.5. The van der Waals surface area contributed by atoms with Gasteiger partial charge in [0.25, 0.3) is 0 Å². The second kappa shape index (κ2) is 10.5. The van der Waals surface area contributed by atoms with Gasteiger partial charge in [0.05, 0.1) is 23.4 Å². The third-order valence-electron chi connectivity index (χ3n) is 5.53. The van der Waals surface area contributed by atoms with Gasteiger partial charge in [-0.15, -0.1) is 0 Å². The summed E-state index contributed by atoms with van der Waals surface area (Å²) in [6.07, 6.45) is 2.77. The molecule has 1 unspecified atom stereocenters. The van der Waals surface area contributed by atoms with Crippen molar-refractivity contribution in [2.24, 2.45) is 0 Å². The minimum Gasteiger partial charge on any atom is -0.490 e. The number of hydrogen-bond donors (Lipinski definition) is 0. The lowest BCUT2D eigenvalue weighted by Gasteiger charge is -2.18. The van der Waals surface area contributed by atoms with Crippen molar-refractivity contribution in [1.29, 1.82) is 5.26 Å². The predicted molar refractivity (Wildman–Crippen MR) is 131 cm³/mol. The van der Waals surface area contributed by atoms with Crippen molar-refractivity contribution in [2.45, 2.75) is 33.0 Å². The minimum atomic E-state index is 0.0840. The van der Waals surface area contributed by atoms with E-state index in [1.807, 2.05) is 66.7 Å². The number of benzene rings is 3. The maximum Gasteiger partial charge on any atom is 0.129 e. The zero-order valence-electron chi connectivity index (χ0n) is 18.9. The van der Waals surface area contributed by atoms with Gasteiger partial charge in [-0.1, -0.05) is 49.4 Å². The van der Waals surface area contributed by atoms with Gasteiger partial charge in [-0.2, -0.15) is 5.26 Å². The quantitative estimate of drug-likeness (QED) is 0.298. The van der Waals surface area contributed by atoms with E-state index in [9.17, 15) is 0 Å². The number of para-hydroxylation sites is 1. The van der Waals surface area contributed by atoms with Crippen LogP contribution in [0.15, 0.2) is 91.1 Å². The number of ether oxygens (including phenoxy) is 2. The van der Waals surface area contributed by atoms with Gasteiger partial charge >= 0.3 is 0 Å². The Morgan fingerprint density at radius 2 is 1.64 bits per heavy atom. The van der Waals surface area contributed by atoms with Gasteiger partial charge in [0, 0.05) is 17.3 Å². The van der Waals surface area contributed by atoms with Crippen molar-refractivity contribution in [1.82, 2.24) is 4.98 Å².